The van der Waals surface area contributed by atoms with E-state index in [0.717, 1.165) is 29.0 Å². The molecule has 4 aromatic rings. The van der Waals surface area contributed by atoms with Crippen molar-refractivity contribution in [3.63, 3.8) is 0 Å². The standard InChI is InChI=1S/C27H24F3NO5S/c1-5-22-17(4)26(21-12-15(2)6-11-25(21)37(32,33)34)20-14-24(16(3)13-23(20)31-22)35-18-7-9-19(10-8-18)36-27(28,29)30/h6-14H,5H2,1-4H3,(H,32,33,34). The van der Waals surface area contributed by atoms with E-state index in [0.29, 0.717) is 39.8 Å². The number of ether oxygens (including phenoxy) is 2. The Bertz CT molecular complexity index is 1600. The molecule has 4 rings (SSSR count). The Balaban J connectivity index is 1.90. The zero-order valence-electron chi connectivity index (χ0n) is 20.5. The van der Waals surface area contributed by atoms with Crippen LogP contribution in [0.5, 0.6) is 17.2 Å². The Labute approximate surface area is 212 Å². The van der Waals surface area contributed by atoms with Crippen molar-refractivity contribution in [2.24, 2.45) is 0 Å². The van der Waals surface area contributed by atoms with Gasteiger partial charge in [0.1, 0.15) is 22.1 Å². The normalized spacial score (nSPS) is 12.1. The molecule has 0 bridgehead atoms. The van der Waals surface area contributed by atoms with Crippen molar-refractivity contribution in [2.75, 3.05) is 0 Å². The lowest BCUT2D eigenvalue weighted by Crippen LogP contribution is -2.16. The summed E-state index contributed by atoms with van der Waals surface area (Å²) in [5.41, 5.74) is 4.59. The van der Waals surface area contributed by atoms with Gasteiger partial charge in [-0.05, 0) is 86.3 Å². The average molecular weight is 532 g/mol. The molecule has 0 radical (unpaired) electrons. The number of aryl methyl sites for hydroxylation is 3. The van der Waals surface area contributed by atoms with Crippen LogP contribution >= 0.6 is 0 Å². The second-order valence-corrected chi connectivity index (χ2v) is 10.0. The third kappa shape index (κ3) is 5.70. The first-order chi connectivity index (χ1) is 17.3. The van der Waals surface area contributed by atoms with E-state index in [9.17, 15) is 26.1 Å². The minimum absolute atomic E-state index is 0.223. The van der Waals surface area contributed by atoms with E-state index < -0.39 is 16.5 Å². The van der Waals surface area contributed by atoms with E-state index in [1.54, 1.807) is 31.2 Å². The fraction of sp³-hybridized carbons (Fsp3) is 0.222. The fourth-order valence-electron chi connectivity index (χ4n) is 4.24. The molecule has 1 heterocycles. The highest BCUT2D eigenvalue weighted by atomic mass is 32.2. The molecule has 0 aliphatic heterocycles. The van der Waals surface area contributed by atoms with Crippen LogP contribution in [-0.4, -0.2) is 24.3 Å². The number of rotatable bonds is 6. The predicted molar refractivity (Wildman–Crippen MR) is 134 cm³/mol. The summed E-state index contributed by atoms with van der Waals surface area (Å²) in [6.45, 7) is 7.42. The van der Waals surface area contributed by atoms with E-state index in [1.807, 2.05) is 20.8 Å². The van der Waals surface area contributed by atoms with Gasteiger partial charge in [0.25, 0.3) is 10.1 Å². The summed E-state index contributed by atoms with van der Waals surface area (Å²) in [5, 5.41) is 0.600. The van der Waals surface area contributed by atoms with Crippen molar-refractivity contribution in [3.8, 4) is 28.4 Å². The first kappa shape index (κ1) is 26.4. The lowest BCUT2D eigenvalue weighted by atomic mass is 9.92. The SMILES string of the molecule is CCc1nc2cc(C)c(Oc3ccc(OC(F)(F)F)cc3)cc2c(-c2cc(C)ccc2S(=O)(=O)O)c1C. The summed E-state index contributed by atoms with van der Waals surface area (Å²) in [6.07, 6.45) is -4.20. The van der Waals surface area contributed by atoms with E-state index in [-0.39, 0.29) is 16.4 Å². The molecule has 1 aromatic heterocycles. The highest BCUT2D eigenvalue weighted by Gasteiger charge is 2.31. The van der Waals surface area contributed by atoms with Crippen LogP contribution in [0, 0.1) is 20.8 Å². The molecular weight excluding hydrogens is 507 g/mol. The molecule has 0 aliphatic rings. The fourth-order valence-corrected chi connectivity index (χ4v) is 4.92. The number of fused-ring (bicyclic) bond motifs is 1. The monoisotopic (exact) mass is 531 g/mol. The molecule has 0 fully saturated rings. The number of hydrogen-bond acceptors (Lipinski definition) is 5. The van der Waals surface area contributed by atoms with Crippen molar-refractivity contribution in [1.82, 2.24) is 4.98 Å². The van der Waals surface area contributed by atoms with Gasteiger partial charge in [-0.3, -0.25) is 9.54 Å². The summed E-state index contributed by atoms with van der Waals surface area (Å²) < 4.78 is 81.7. The van der Waals surface area contributed by atoms with Gasteiger partial charge in [0.05, 0.1) is 5.52 Å². The van der Waals surface area contributed by atoms with Crippen molar-refractivity contribution >= 4 is 21.0 Å². The lowest BCUT2D eigenvalue weighted by molar-refractivity contribution is -0.274. The largest absolute Gasteiger partial charge is 0.573 e. The number of aromatic nitrogens is 1. The van der Waals surface area contributed by atoms with Crippen molar-refractivity contribution in [3.05, 3.63) is 77.0 Å². The molecule has 0 unspecified atom stereocenters. The molecule has 3 aromatic carbocycles. The molecule has 194 valence electrons. The number of benzene rings is 3. The van der Waals surface area contributed by atoms with Gasteiger partial charge < -0.3 is 9.47 Å². The van der Waals surface area contributed by atoms with Gasteiger partial charge in [-0.2, -0.15) is 8.42 Å². The molecule has 0 saturated carbocycles. The van der Waals surface area contributed by atoms with Crippen molar-refractivity contribution in [2.45, 2.75) is 45.4 Å². The number of alkyl halides is 3. The summed E-state index contributed by atoms with van der Waals surface area (Å²) in [6, 6.07) is 13.2. The number of nitrogens with zero attached hydrogens (tertiary/aromatic N) is 1. The minimum atomic E-state index is -4.80. The first-order valence-electron chi connectivity index (χ1n) is 11.3. The second kappa shape index (κ2) is 9.68. The summed E-state index contributed by atoms with van der Waals surface area (Å²) in [4.78, 5) is 4.53. The highest BCUT2D eigenvalue weighted by molar-refractivity contribution is 7.86. The van der Waals surface area contributed by atoms with Crippen LogP contribution in [0.25, 0.3) is 22.0 Å². The third-order valence-electron chi connectivity index (χ3n) is 5.93. The molecule has 0 spiro atoms. The topological polar surface area (TPSA) is 85.7 Å². The van der Waals surface area contributed by atoms with Gasteiger partial charge in [0, 0.05) is 16.6 Å². The van der Waals surface area contributed by atoms with Gasteiger partial charge in [-0.1, -0.05) is 24.6 Å². The summed E-state index contributed by atoms with van der Waals surface area (Å²) >= 11 is 0. The smallest absolute Gasteiger partial charge is 0.457 e. The molecule has 6 nitrogen and oxygen atoms in total. The van der Waals surface area contributed by atoms with Crippen LogP contribution < -0.4 is 9.47 Å². The molecule has 10 heteroatoms. The van der Waals surface area contributed by atoms with Crippen LogP contribution in [0.3, 0.4) is 0 Å². The predicted octanol–water partition coefficient (Wildman–Crippen LogP) is 7.33. The first-order valence-corrected chi connectivity index (χ1v) is 12.8. The van der Waals surface area contributed by atoms with Crippen LogP contribution in [0.2, 0.25) is 0 Å². The Morgan fingerprint density at radius 3 is 2.19 bits per heavy atom. The highest BCUT2D eigenvalue weighted by Crippen LogP contribution is 2.40. The second-order valence-electron chi connectivity index (χ2n) is 8.64. The zero-order valence-corrected chi connectivity index (χ0v) is 21.3. The van der Waals surface area contributed by atoms with Gasteiger partial charge in [-0.25, -0.2) is 0 Å². The molecule has 0 amide bonds. The van der Waals surface area contributed by atoms with E-state index >= 15 is 0 Å². The van der Waals surface area contributed by atoms with Crippen LogP contribution in [0.4, 0.5) is 13.2 Å². The third-order valence-corrected chi connectivity index (χ3v) is 6.84. The van der Waals surface area contributed by atoms with Crippen LogP contribution in [-0.2, 0) is 16.5 Å². The maximum Gasteiger partial charge on any atom is 0.573 e. The summed E-state index contributed by atoms with van der Waals surface area (Å²) in [5.74, 6) is 0.314. The number of hydrogen-bond donors (Lipinski definition) is 1. The molecule has 1 N–H and O–H groups in total. The van der Waals surface area contributed by atoms with Crippen molar-refractivity contribution in [1.29, 1.82) is 0 Å². The summed E-state index contributed by atoms with van der Waals surface area (Å²) in [7, 11) is -4.53. The Morgan fingerprint density at radius 2 is 1.59 bits per heavy atom. The van der Waals surface area contributed by atoms with Crippen LogP contribution in [0.1, 0.15) is 29.3 Å². The average Bonchev–Trinajstić information content (AvgIpc) is 2.79. The number of halogens is 3. The lowest BCUT2D eigenvalue weighted by Gasteiger charge is -2.18. The van der Waals surface area contributed by atoms with E-state index in [4.69, 9.17) is 9.72 Å². The van der Waals surface area contributed by atoms with Crippen LogP contribution in [0.15, 0.2) is 59.5 Å². The van der Waals surface area contributed by atoms with Gasteiger partial charge in [0.15, 0.2) is 0 Å². The minimum Gasteiger partial charge on any atom is -0.457 e. The molecule has 0 atom stereocenters. The zero-order chi connectivity index (χ0) is 27.1. The Morgan fingerprint density at radius 1 is 0.946 bits per heavy atom. The molecular formula is C27H24F3NO5S. The van der Waals surface area contributed by atoms with Gasteiger partial charge in [0.2, 0.25) is 0 Å². The van der Waals surface area contributed by atoms with E-state index in [1.165, 1.54) is 18.2 Å². The maximum absolute atomic E-state index is 12.5. The molecule has 37 heavy (non-hydrogen) atoms. The quantitative estimate of drug-likeness (QED) is 0.262. The maximum atomic E-state index is 12.5. The molecule has 0 saturated heterocycles. The van der Waals surface area contributed by atoms with Crippen molar-refractivity contribution < 1.29 is 35.6 Å². The Kier molecular flexibility index (Phi) is 6.91. The van der Waals surface area contributed by atoms with Gasteiger partial charge in [-0.15, -0.1) is 13.2 Å². The van der Waals surface area contributed by atoms with E-state index in [2.05, 4.69) is 4.74 Å². The Hall–Kier alpha value is -3.63. The van der Waals surface area contributed by atoms with Gasteiger partial charge >= 0.3 is 6.36 Å². The molecule has 0 aliphatic carbocycles. The number of pyridine rings is 1.